The number of hydrogen-bond acceptors (Lipinski definition) is 4. The van der Waals surface area contributed by atoms with E-state index in [1.54, 1.807) is 32.2 Å². The minimum absolute atomic E-state index is 0.163. The third-order valence-electron chi connectivity index (χ3n) is 2.26. The Kier molecular flexibility index (Phi) is 5.31. The Morgan fingerprint density at radius 1 is 1.37 bits per heavy atom. The average molecular weight is 286 g/mol. The van der Waals surface area contributed by atoms with Crippen LogP contribution in [0.4, 0.5) is 5.69 Å². The number of carbonyl (C=O) groups excluding carboxylic acids is 1. The highest BCUT2D eigenvalue weighted by Crippen LogP contribution is 2.16. The van der Waals surface area contributed by atoms with Crippen LogP contribution in [0.3, 0.4) is 0 Å². The van der Waals surface area contributed by atoms with E-state index in [0.717, 1.165) is 6.26 Å². The quantitative estimate of drug-likeness (QED) is 0.811. The van der Waals surface area contributed by atoms with E-state index in [-0.39, 0.29) is 23.2 Å². The van der Waals surface area contributed by atoms with Gasteiger partial charge in [-0.3, -0.25) is 9.52 Å². The van der Waals surface area contributed by atoms with Gasteiger partial charge in [0.05, 0.1) is 24.1 Å². The predicted octanol–water partition coefficient (Wildman–Crippen LogP) is 0.823. The zero-order chi connectivity index (χ0) is 14.5. The van der Waals surface area contributed by atoms with Gasteiger partial charge in [0.15, 0.2) is 0 Å². The Labute approximate surface area is 113 Å². The van der Waals surface area contributed by atoms with Crippen molar-refractivity contribution in [2.45, 2.75) is 13.0 Å². The van der Waals surface area contributed by atoms with E-state index < -0.39 is 10.0 Å². The summed E-state index contributed by atoms with van der Waals surface area (Å²) in [5.41, 5.74) is 0.531. The Balaban J connectivity index is 2.91. The van der Waals surface area contributed by atoms with E-state index in [1.807, 2.05) is 0 Å². The fourth-order valence-electron chi connectivity index (χ4n) is 1.56. The first-order valence-corrected chi connectivity index (χ1v) is 7.59. The number of rotatable bonds is 6. The lowest BCUT2D eigenvalue weighted by Crippen LogP contribution is -2.36. The van der Waals surface area contributed by atoms with E-state index >= 15 is 0 Å². The molecule has 0 aliphatic heterocycles. The van der Waals surface area contributed by atoms with Crippen molar-refractivity contribution >= 4 is 21.6 Å². The van der Waals surface area contributed by atoms with Crippen LogP contribution in [-0.4, -0.2) is 40.3 Å². The summed E-state index contributed by atoms with van der Waals surface area (Å²) >= 11 is 0. The Morgan fingerprint density at radius 2 is 2.00 bits per heavy atom. The van der Waals surface area contributed by atoms with Crippen molar-refractivity contribution in [1.29, 1.82) is 0 Å². The number of amides is 1. The number of sulfonamides is 1. The molecule has 0 aliphatic carbocycles. The van der Waals surface area contributed by atoms with Crippen LogP contribution in [0.2, 0.25) is 0 Å². The van der Waals surface area contributed by atoms with Crippen molar-refractivity contribution in [2.24, 2.45) is 0 Å². The normalized spacial score (nSPS) is 12.8. The zero-order valence-corrected chi connectivity index (χ0v) is 12.0. The summed E-state index contributed by atoms with van der Waals surface area (Å²) in [6.45, 7) is 2.18. The van der Waals surface area contributed by atoms with Gasteiger partial charge in [-0.25, -0.2) is 8.42 Å². The predicted molar refractivity (Wildman–Crippen MR) is 73.7 cm³/mol. The third-order valence-corrected chi connectivity index (χ3v) is 2.85. The summed E-state index contributed by atoms with van der Waals surface area (Å²) in [6.07, 6.45) is 1.04. The lowest BCUT2D eigenvalue weighted by molar-refractivity contribution is 0.0906. The molecular formula is C12H18N2O4S. The summed E-state index contributed by atoms with van der Waals surface area (Å²) in [7, 11) is -1.88. The van der Waals surface area contributed by atoms with Gasteiger partial charge < -0.3 is 10.1 Å². The van der Waals surface area contributed by atoms with Crippen molar-refractivity contribution in [3.8, 4) is 0 Å². The Hall–Kier alpha value is -1.60. The van der Waals surface area contributed by atoms with Gasteiger partial charge in [-0.1, -0.05) is 12.1 Å². The molecule has 0 aliphatic rings. The minimum Gasteiger partial charge on any atom is -0.383 e. The van der Waals surface area contributed by atoms with Crippen LogP contribution in [0, 0.1) is 0 Å². The maximum Gasteiger partial charge on any atom is 0.253 e. The number of carbonyl (C=O) groups is 1. The van der Waals surface area contributed by atoms with Crippen molar-refractivity contribution < 1.29 is 17.9 Å². The monoisotopic (exact) mass is 286 g/mol. The number of benzene rings is 1. The molecule has 0 heterocycles. The second-order valence-corrected chi connectivity index (χ2v) is 6.00. The summed E-state index contributed by atoms with van der Waals surface area (Å²) < 4.78 is 29.7. The molecule has 0 fully saturated rings. The summed E-state index contributed by atoms with van der Waals surface area (Å²) in [5.74, 6) is -0.351. The molecule has 106 valence electrons. The standard InChI is InChI=1S/C12H18N2O4S/c1-9(8-18-2)13-12(15)10-6-4-5-7-11(10)14-19(3,16)17/h4-7,9,14H,8H2,1-3H3,(H,13,15). The number of nitrogens with one attached hydrogen (secondary N) is 2. The van der Waals surface area contributed by atoms with Crippen LogP contribution in [0.15, 0.2) is 24.3 Å². The van der Waals surface area contributed by atoms with Crippen molar-refractivity contribution in [3.05, 3.63) is 29.8 Å². The van der Waals surface area contributed by atoms with Crippen LogP contribution >= 0.6 is 0 Å². The zero-order valence-electron chi connectivity index (χ0n) is 11.1. The van der Waals surface area contributed by atoms with Gasteiger partial charge >= 0.3 is 0 Å². The first kappa shape index (κ1) is 15.5. The molecule has 1 aromatic carbocycles. The maximum atomic E-state index is 12.0. The van der Waals surface area contributed by atoms with Crippen LogP contribution in [0.1, 0.15) is 17.3 Å². The van der Waals surface area contributed by atoms with Gasteiger partial charge in [0.2, 0.25) is 10.0 Å². The number of ether oxygens (including phenoxy) is 1. The van der Waals surface area contributed by atoms with Gasteiger partial charge in [0, 0.05) is 13.2 Å². The third kappa shape index (κ3) is 5.27. The van der Waals surface area contributed by atoms with Gasteiger partial charge in [-0.2, -0.15) is 0 Å². The van der Waals surface area contributed by atoms with Crippen LogP contribution in [-0.2, 0) is 14.8 Å². The van der Waals surface area contributed by atoms with Gasteiger partial charge in [-0.05, 0) is 19.1 Å². The summed E-state index contributed by atoms with van der Waals surface area (Å²) in [4.78, 5) is 12.0. The lowest BCUT2D eigenvalue weighted by atomic mass is 10.1. The molecule has 19 heavy (non-hydrogen) atoms. The molecule has 0 spiro atoms. The highest BCUT2D eigenvalue weighted by Gasteiger charge is 2.15. The van der Waals surface area contributed by atoms with E-state index in [2.05, 4.69) is 10.0 Å². The average Bonchev–Trinajstić information content (AvgIpc) is 2.27. The van der Waals surface area contributed by atoms with Gasteiger partial charge in [-0.15, -0.1) is 0 Å². The minimum atomic E-state index is -3.43. The Bertz CT molecular complexity index is 542. The second kappa shape index (κ2) is 6.53. The number of methoxy groups -OCH3 is 1. The molecule has 0 saturated carbocycles. The van der Waals surface area contributed by atoms with E-state index in [0.29, 0.717) is 6.61 Å². The summed E-state index contributed by atoms with van der Waals surface area (Å²) in [5, 5.41) is 2.72. The van der Waals surface area contributed by atoms with Crippen molar-refractivity contribution in [2.75, 3.05) is 24.7 Å². The van der Waals surface area contributed by atoms with E-state index in [1.165, 1.54) is 6.07 Å². The molecule has 0 bridgehead atoms. The van der Waals surface area contributed by atoms with Crippen LogP contribution < -0.4 is 10.0 Å². The molecule has 0 radical (unpaired) electrons. The van der Waals surface area contributed by atoms with Gasteiger partial charge in [0.25, 0.3) is 5.91 Å². The Morgan fingerprint density at radius 3 is 2.58 bits per heavy atom. The molecule has 1 atom stereocenters. The highest BCUT2D eigenvalue weighted by molar-refractivity contribution is 7.92. The van der Waals surface area contributed by atoms with Crippen LogP contribution in [0.25, 0.3) is 0 Å². The second-order valence-electron chi connectivity index (χ2n) is 4.25. The fraction of sp³-hybridized carbons (Fsp3) is 0.417. The molecule has 1 amide bonds. The number of para-hydroxylation sites is 1. The number of hydrogen-bond donors (Lipinski definition) is 2. The summed E-state index contributed by atoms with van der Waals surface area (Å²) in [6, 6.07) is 6.26. The molecule has 1 aromatic rings. The smallest absolute Gasteiger partial charge is 0.253 e. The van der Waals surface area contributed by atoms with Crippen molar-refractivity contribution in [1.82, 2.24) is 5.32 Å². The molecule has 1 rings (SSSR count). The van der Waals surface area contributed by atoms with Crippen molar-refractivity contribution in [3.63, 3.8) is 0 Å². The first-order chi connectivity index (χ1) is 8.83. The first-order valence-electron chi connectivity index (χ1n) is 5.70. The van der Waals surface area contributed by atoms with Gasteiger partial charge in [0.1, 0.15) is 0 Å². The molecule has 6 nitrogen and oxygen atoms in total. The fourth-order valence-corrected chi connectivity index (χ4v) is 2.14. The largest absolute Gasteiger partial charge is 0.383 e. The number of anilines is 1. The molecule has 0 aromatic heterocycles. The molecular weight excluding hydrogens is 268 g/mol. The van der Waals surface area contributed by atoms with E-state index in [4.69, 9.17) is 4.74 Å². The molecule has 7 heteroatoms. The van der Waals surface area contributed by atoms with E-state index in [9.17, 15) is 13.2 Å². The van der Waals surface area contributed by atoms with Crippen LogP contribution in [0.5, 0.6) is 0 Å². The maximum absolute atomic E-state index is 12.0. The molecule has 2 N–H and O–H groups in total. The lowest BCUT2D eigenvalue weighted by Gasteiger charge is -2.15. The highest BCUT2D eigenvalue weighted by atomic mass is 32.2. The SMILES string of the molecule is COCC(C)NC(=O)c1ccccc1NS(C)(=O)=O. The molecule has 1 unspecified atom stereocenters. The topological polar surface area (TPSA) is 84.5 Å². The molecule has 0 saturated heterocycles.